The predicted molar refractivity (Wildman–Crippen MR) is 135 cm³/mol. The van der Waals surface area contributed by atoms with Gasteiger partial charge in [0.2, 0.25) is 5.91 Å². The molecule has 0 radical (unpaired) electrons. The number of rotatable bonds is 12. The number of nitrogens with one attached hydrogen (secondary N) is 1. The van der Waals surface area contributed by atoms with Gasteiger partial charge in [-0.15, -0.1) is 0 Å². The highest BCUT2D eigenvalue weighted by atomic mass is 16.5. The molecule has 0 aliphatic carbocycles. The van der Waals surface area contributed by atoms with Crippen LogP contribution in [0.5, 0.6) is 5.75 Å². The maximum atomic E-state index is 13.4. The third-order valence-corrected chi connectivity index (χ3v) is 6.23. The van der Waals surface area contributed by atoms with Crippen molar-refractivity contribution < 1.29 is 14.3 Å². The summed E-state index contributed by atoms with van der Waals surface area (Å²) in [5.74, 6) is 1.34. The number of para-hydroxylation sites is 3. The molecule has 182 valence electrons. The van der Waals surface area contributed by atoms with Gasteiger partial charge in [-0.2, -0.15) is 0 Å². The van der Waals surface area contributed by atoms with E-state index in [2.05, 4.69) is 33.0 Å². The number of amides is 2. The molecule has 0 saturated heterocycles. The fourth-order valence-electron chi connectivity index (χ4n) is 4.06. The molecule has 1 heterocycles. The monoisotopic (exact) mass is 464 g/mol. The Hall–Kier alpha value is -3.35. The van der Waals surface area contributed by atoms with E-state index in [0.717, 1.165) is 29.7 Å². The Morgan fingerprint density at radius 2 is 1.65 bits per heavy atom. The third-order valence-electron chi connectivity index (χ3n) is 6.23. The van der Waals surface area contributed by atoms with Crippen LogP contribution in [0.2, 0.25) is 0 Å². The van der Waals surface area contributed by atoms with Crippen LogP contribution in [0.1, 0.15) is 46.4 Å². The van der Waals surface area contributed by atoms with Gasteiger partial charge in [-0.1, -0.05) is 44.2 Å². The zero-order valence-corrected chi connectivity index (χ0v) is 20.7. The smallest absolute Gasteiger partial charge is 0.257 e. The highest BCUT2D eigenvalue weighted by Gasteiger charge is 2.25. The molecule has 3 aromatic rings. The van der Waals surface area contributed by atoms with Crippen LogP contribution < -0.4 is 10.1 Å². The quantitative estimate of drug-likeness (QED) is 0.436. The number of imidazole rings is 1. The maximum Gasteiger partial charge on any atom is 0.257 e. The number of nitrogens with zero attached hydrogens (tertiary/aromatic N) is 3. The van der Waals surface area contributed by atoms with Crippen LogP contribution in [0.3, 0.4) is 0 Å². The predicted octanol–water partition coefficient (Wildman–Crippen LogP) is 4.20. The molecule has 0 spiro atoms. The Bertz CT molecular complexity index is 1070. The Morgan fingerprint density at radius 1 is 1.00 bits per heavy atom. The summed E-state index contributed by atoms with van der Waals surface area (Å²) in [5, 5.41) is 2.89. The zero-order chi connectivity index (χ0) is 24.5. The normalized spacial score (nSPS) is 12.8. The van der Waals surface area contributed by atoms with Gasteiger partial charge in [0.05, 0.1) is 11.0 Å². The first-order valence-corrected chi connectivity index (χ1v) is 12.1. The van der Waals surface area contributed by atoms with Gasteiger partial charge in [-0.3, -0.25) is 9.59 Å². The number of carbonyl (C=O) groups is 2. The third kappa shape index (κ3) is 6.37. The van der Waals surface area contributed by atoms with Crippen molar-refractivity contribution in [3.05, 3.63) is 60.4 Å². The van der Waals surface area contributed by atoms with E-state index >= 15 is 0 Å². The molecular weight excluding hydrogens is 428 g/mol. The summed E-state index contributed by atoms with van der Waals surface area (Å²) in [7, 11) is 0. The molecule has 2 amide bonds. The van der Waals surface area contributed by atoms with Crippen molar-refractivity contribution in [3.63, 3.8) is 0 Å². The van der Waals surface area contributed by atoms with Crippen molar-refractivity contribution in [2.45, 2.75) is 65.6 Å². The molecule has 2 atom stereocenters. The number of hydrogen-bond acceptors (Lipinski definition) is 4. The maximum absolute atomic E-state index is 13.4. The number of hydrogen-bond donors (Lipinski definition) is 1. The van der Waals surface area contributed by atoms with Gasteiger partial charge in [0.25, 0.3) is 5.91 Å². The average molecular weight is 465 g/mol. The summed E-state index contributed by atoms with van der Waals surface area (Å²) in [4.78, 5) is 32.4. The molecule has 0 aliphatic heterocycles. The first-order valence-electron chi connectivity index (χ1n) is 12.1. The van der Waals surface area contributed by atoms with E-state index in [1.165, 1.54) is 0 Å². The van der Waals surface area contributed by atoms with Crippen LogP contribution in [-0.2, 0) is 22.6 Å². The number of fused-ring (bicyclic) bond motifs is 1. The molecule has 7 nitrogen and oxygen atoms in total. The molecular formula is C27H36N4O3. The first kappa shape index (κ1) is 25.3. The number of benzene rings is 2. The minimum atomic E-state index is -0.192. The molecule has 1 aromatic heterocycles. The van der Waals surface area contributed by atoms with Crippen LogP contribution in [0.4, 0.5) is 0 Å². The van der Waals surface area contributed by atoms with Crippen molar-refractivity contribution in [3.8, 4) is 5.75 Å². The lowest BCUT2D eigenvalue weighted by Gasteiger charge is -2.34. The fourth-order valence-corrected chi connectivity index (χ4v) is 4.06. The minimum absolute atomic E-state index is 0.0440. The van der Waals surface area contributed by atoms with Crippen molar-refractivity contribution in [2.75, 3.05) is 13.2 Å². The minimum Gasteiger partial charge on any atom is -0.484 e. The molecule has 0 saturated carbocycles. The molecule has 0 aliphatic rings. The highest BCUT2D eigenvalue weighted by Crippen LogP contribution is 2.19. The van der Waals surface area contributed by atoms with Gasteiger partial charge in [0.1, 0.15) is 18.1 Å². The van der Waals surface area contributed by atoms with Gasteiger partial charge >= 0.3 is 0 Å². The lowest BCUT2D eigenvalue weighted by atomic mass is 10.1. The van der Waals surface area contributed by atoms with Gasteiger partial charge in [-0.05, 0) is 51.0 Å². The summed E-state index contributed by atoms with van der Waals surface area (Å²) in [6, 6.07) is 17.4. The molecule has 1 N–H and O–H groups in total. The van der Waals surface area contributed by atoms with Crippen molar-refractivity contribution >= 4 is 22.8 Å². The Morgan fingerprint density at radius 3 is 2.32 bits per heavy atom. The summed E-state index contributed by atoms with van der Waals surface area (Å²) in [6.45, 7) is 9.02. The summed E-state index contributed by atoms with van der Waals surface area (Å²) in [6.07, 6.45) is 2.33. The second kappa shape index (κ2) is 12.2. The van der Waals surface area contributed by atoms with E-state index < -0.39 is 0 Å². The lowest BCUT2D eigenvalue weighted by molar-refractivity contribution is -0.136. The van der Waals surface area contributed by atoms with E-state index in [9.17, 15) is 9.59 Å². The molecule has 34 heavy (non-hydrogen) atoms. The molecule has 0 fully saturated rings. The zero-order valence-electron chi connectivity index (χ0n) is 20.7. The fraction of sp³-hybridized carbons (Fsp3) is 0.444. The number of carbonyl (C=O) groups excluding carboxylic acids is 2. The standard InChI is InChI=1S/C27H36N4O3/c1-5-20(3)31(21(4)6-2)27(33)18-30-24-15-11-10-14-23(24)29-25(30)16-17-28-26(32)19-34-22-12-8-7-9-13-22/h7-15,20-21H,5-6,16-19H2,1-4H3,(H,28,32). The largest absolute Gasteiger partial charge is 0.484 e. The van der Waals surface area contributed by atoms with Crippen LogP contribution in [0.15, 0.2) is 54.6 Å². The van der Waals surface area contributed by atoms with Crippen LogP contribution in [0.25, 0.3) is 11.0 Å². The molecule has 0 bridgehead atoms. The van der Waals surface area contributed by atoms with E-state index in [1.54, 1.807) is 0 Å². The summed E-state index contributed by atoms with van der Waals surface area (Å²) >= 11 is 0. The van der Waals surface area contributed by atoms with Crippen LogP contribution in [0, 0.1) is 0 Å². The first-order chi connectivity index (χ1) is 16.4. The van der Waals surface area contributed by atoms with E-state index in [4.69, 9.17) is 9.72 Å². The SMILES string of the molecule is CCC(C)N(C(=O)Cn1c(CCNC(=O)COc2ccccc2)nc2ccccc21)C(C)CC. The van der Waals surface area contributed by atoms with Crippen LogP contribution in [-0.4, -0.2) is 51.5 Å². The van der Waals surface area contributed by atoms with E-state index in [1.807, 2.05) is 64.1 Å². The Kier molecular flexibility index (Phi) is 9.08. The molecule has 2 aromatic carbocycles. The average Bonchev–Trinajstić information content (AvgIpc) is 3.20. The Labute approximate surface area is 202 Å². The Balaban J connectivity index is 1.68. The van der Waals surface area contributed by atoms with Gasteiger partial charge in [0, 0.05) is 25.0 Å². The molecule has 2 unspecified atom stereocenters. The highest BCUT2D eigenvalue weighted by molar-refractivity contribution is 5.81. The van der Waals surface area contributed by atoms with Gasteiger partial charge in [-0.25, -0.2) is 4.98 Å². The van der Waals surface area contributed by atoms with E-state index in [-0.39, 0.29) is 37.0 Å². The topological polar surface area (TPSA) is 76.5 Å². The second-order valence-corrected chi connectivity index (χ2v) is 8.62. The summed E-state index contributed by atoms with van der Waals surface area (Å²) < 4.78 is 7.49. The van der Waals surface area contributed by atoms with Crippen molar-refractivity contribution in [1.82, 2.24) is 19.8 Å². The lowest BCUT2D eigenvalue weighted by Crippen LogP contribution is -2.46. The molecule has 7 heteroatoms. The van der Waals surface area contributed by atoms with E-state index in [0.29, 0.717) is 18.7 Å². The molecule has 3 rings (SSSR count). The van der Waals surface area contributed by atoms with Crippen LogP contribution >= 0.6 is 0 Å². The number of ether oxygens (including phenoxy) is 1. The van der Waals surface area contributed by atoms with Crippen molar-refractivity contribution in [2.24, 2.45) is 0 Å². The van der Waals surface area contributed by atoms with Gasteiger partial charge in [0.15, 0.2) is 6.61 Å². The second-order valence-electron chi connectivity index (χ2n) is 8.62. The summed E-state index contributed by atoms with van der Waals surface area (Å²) in [5.41, 5.74) is 1.78. The van der Waals surface area contributed by atoms with Gasteiger partial charge < -0.3 is 19.5 Å². The van der Waals surface area contributed by atoms with Crippen molar-refractivity contribution in [1.29, 1.82) is 0 Å². The number of aromatic nitrogens is 2.